The van der Waals surface area contributed by atoms with Crippen molar-refractivity contribution in [2.24, 2.45) is 4.99 Å². The number of rotatable bonds is 3. The van der Waals surface area contributed by atoms with Crippen LogP contribution < -0.4 is 21.9 Å². The Bertz CT molecular complexity index is 961. The van der Waals surface area contributed by atoms with E-state index < -0.39 is 11.9 Å². The molecule has 144 valence electrons. The van der Waals surface area contributed by atoms with Crippen LogP contribution in [0, 0.1) is 5.82 Å². The average Bonchev–Trinajstić information content (AvgIpc) is 2.83. The molecule has 1 aliphatic carbocycles. The van der Waals surface area contributed by atoms with Gasteiger partial charge >= 0.3 is 0 Å². The van der Waals surface area contributed by atoms with Gasteiger partial charge in [-0.05, 0) is 12.8 Å². The molecule has 0 radical (unpaired) electrons. The lowest BCUT2D eigenvalue weighted by atomic mass is 10.1. The Morgan fingerprint density at radius 3 is 2.96 bits per heavy atom. The van der Waals surface area contributed by atoms with Crippen molar-refractivity contribution in [2.75, 3.05) is 17.7 Å². The van der Waals surface area contributed by atoms with Crippen molar-refractivity contribution >= 4 is 23.5 Å². The van der Waals surface area contributed by atoms with Crippen molar-refractivity contribution in [3.8, 4) is 11.4 Å². The lowest BCUT2D eigenvalue weighted by Gasteiger charge is -2.22. The molecule has 2 aromatic rings. The van der Waals surface area contributed by atoms with Gasteiger partial charge in [0.15, 0.2) is 22.9 Å². The first-order chi connectivity index (χ1) is 13.0. The van der Waals surface area contributed by atoms with E-state index >= 15 is 0 Å². The second-order valence-electron chi connectivity index (χ2n) is 7.06. The highest BCUT2D eigenvalue weighted by molar-refractivity contribution is 6.24. The molecule has 1 fully saturated rings. The van der Waals surface area contributed by atoms with Crippen LogP contribution in [0.2, 0.25) is 0 Å². The van der Waals surface area contributed by atoms with Crippen LogP contribution in [0.3, 0.4) is 0 Å². The minimum absolute atomic E-state index is 0.0830. The quantitative estimate of drug-likeness (QED) is 0.409. The SMILES string of the molecule is Nn1cc(-c2ncc(F)c(NC3CCCCCC3O)n2)c2c1=NCC(Cl)C=2. The van der Waals surface area contributed by atoms with Gasteiger partial charge in [-0.15, -0.1) is 11.6 Å². The van der Waals surface area contributed by atoms with Crippen molar-refractivity contribution in [1.82, 2.24) is 14.6 Å². The number of nitrogen functional groups attached to an aromatic ring is 1. The summed E-state index contributed by atoms with van der Waals surface area (Å²) in [4.78, 5) is 12.9. The van der Waals surface area contributed by atoms with Crippen molar-refractivity contribution in [2.45, 2.75) is 49.6 Å². The fraction of sp³-hybridized carbons (Fsp3) is 0.500. The monoisotopic (exact) mass is 392 g/mol. The highest BCUT2D eigenvalue weighted by Gasteiger charge is 2.24. The molecule has 2 aromatic heterocycles. The number of anilines is 1. The summed E-state index contributed by atoms with van der Waals surface area (Å²) in [6.07, 6.45) is 8.65. The van der Waals surface area contributed by atoms with Gasteiger partial charge in [-0.2, -0.15) is 0 Å². The normalized spacial score (nSPS) is 25.1. The summed E-state index contributed by atoms with van der Waals surface area (Å²) in [6, 6.07) is -0.230. The summed E-state index contributed by atoms with van der Waals surface area (Å²) in [5, 5.41) is 13.9. The van der Waals surface area contributed by atoms with Crippen LogP contribution in [0.1, 0.15) is 32.1 Å². The summed E-state index contributed by atoms with van der Waals surface area (Å²) >= 11 is 6.19. The number of nitrogens with zero attached hydrogens (tertiary/aromatic N) is 4. The Kier molecular flexibility index (Phi) is 5.01. The van der Waals surface area contributed by atoms with E-state index in [0.717, 1.165) is 37.1 Å². The highest BCUT2D eigenvalue weighted by atomic mass is 35.5. The van der Waals surface area contributed by atoms with Gasteiger partial charge in [0.2, 0.25) is 0 Å². The van der Waals surface area contributed by atoms with E-state index in [9.17, 15) is 9.50 Å². The zero-order valence-corrected chi connectivity index (χ0v) is 15.5. The molecule has 9 heteroatoms. The number of aromatic nitrogens is 3. The zero-order valence-electron chi connectivity index (χ0n) is 14.8. The lowest BCUT2D eigenvalue weighted by Crippen LogP contribution is -2.38. The number of halogens is 2. The van der Waals surface area contributed by atoms with Crippen LogP contribution in [-0.2, 0) is 0 Å². The van der Waals surface area contributed by atoms with E-state index in [4.69, 9.17) is 17.4 Å². The Morgan fingerprint density at radius 1 is 1.30 bits per heavy atom. The van der Waals surface area contributed by atoms with Gasteiger partial charge < -0.3 is 16.3 Å². The molecule has 0 saturated heterocycles. The number of hydrogen-bond acceptors (Lipinski definition) is 6. The van der Waals surface area contributed by atoms with E-state index in [1.54, 1.807) is 6.20 Å². The third-order valence-corrected chi connectivity index (χ3v) is 5.36. The number of alkyl halides is 1. The molecule has 0 spiro atoms. The maximum absolute atomic E-state index is 14.3. The predicted octanol–water partition coefficient (Wildman–Crippen LogP) is 0.925. The van der Waals surface area contributed by atoms with Gasteiger partial charge in [0, 0.05) is 17.0 Å². The van der Waals surface area contributed by atoms with E-state index in [-0.39, 0.29) is 17.2 Å². The van der Waals surface area contributed by atoms with Gasteiger partial charge in [0.05, 0.1) is 30.3 Å². The van der Waals surface area contributed by atoms with Gasteiger partial charge in [-0.3, -0.25) is 9.67 Å². The van der Waals surface area contributed by atoms with Gasteiger partial charge in [0.1, 0.15) is 0 Å². The molecule has 7 nitrogen and oxygen atoms in total. The molecule has 0 amide bonds. The molecule has 1 aliphatic heterocycles. The largest absolute Gasteiger partial charge is 0.391 e. The fourth-order valence-corrected chi connectivity index (χ4v) is 3.87. The number of aliphatic hydroxyl groups excluding tert-OH is 1. The second-order valence-corrected chi connectivity index (χ2v) is 7.62. The average molecular weight is 393 g/mol. The van der Waals surface area contributed by atoms with Crippen molar-refractivity contribution in [3.63, 3.8) is 0 Å². The topological polar surface area (TPSA) is 101 Å². The predicted molar refractivity (Wildman–Crippen MR) is 102 cm³/mol. The molecular formula is C18H22ClFN6O. The Balaban J connectivity index is 1.71. The molecule has 0 aromatic carbocycles. The summed E-state index contributed by atoms with van der Waals surface area (Å²) in [5.74, 6) is 5.84. The van der Waals surface area contributed by atoms with Crippen LogP contribution in [0.25, 0.3) is 17.5 Å². The first kappa shape index (κ1) is 18.2. The van der Waals surface area contributed by atoms with Crippen LogP contribution in [-0.4, -0.2) is 43.8 Å². The third-order valence-electron chi connectivity index (χ3n) is 5.09. The van der Waals surface area contributed by atoms with E-state index in [1.807, 2.05) is 6.08 Å². The molecule has 2 aliphatic rings. The number of fused-ring (bicyclic) bond motifs is 1. The van der Waals surface area contributed by atoms with Gasteiger partial charge in [-0.25, -0.2) is 14.4 Å². The maximum Gasteiger partial charge on any atom is 0.183 e. The molecule has 1 saturated carbocycles. The zero-order chi connectivity index (χ0) is 19.0. The van der Waals surface area contributed by atoms with E-state index in [1.165, 1.54) is 4.68 Å². The summed E-state index contributed by atoms with van der Waals surface area (Å²) < 4.78 is 15.7. The lowest BCUT2D eigenvalue weighted by molar-refractivity contribution is 0.144. The number of nitrogens with two attached hydrogens (primary N) is 1. The van der Waals surface area contributed by atoms with Crippen molar-refractivity contribution in [3.05, 3.63) is 28.9 Å². The van der Waals surface area contributed by atoms with Gasteiger partial charge in [0.25, 0.3) is 0 Å². The van der Waals surface area contributed by atoms with E-state index in [2.05, 4.69) is 20.3 Å². The molecule has 0 bridgehead atoms. The first-order valence-electron chi connectivity index (χ1n) is 9.17. The van der Waals surface area contributed by atoms with Crippen LogP contribution in [0.15, 0.2) is 17.4 Å². The number of nitrogens with one attached hydrogen (secondary N) is 1. The van der Waals surface area contributed by atoms with Gasteiger partial charge in [-0.1, -0.05) is 25.3 Å². The first-order valence-corrected chi connectivity index (χ1v) is 9.61. The molecule has 3 unspecified atom stereocenters. The van der Waals surface area contributed by atoms with Crippen LogP contribution >= 0.6 is 11.6 Å². The molecule has 4 rings (SSSR count). The summed E-state index contributed by atoms with van der Waals surface area (Å²) in [5.41, 5.74) is 1.24. The highest BCUT2D eigenvalue weighted by Crippen LogP contribution is 2.23. The molecule has 27 heavy (non-hydrogen) atoms. The second kappa shape index (κ2) is 7.44. The third kappa shape index (κ3) is 3.64. The minimum Gasteiger partial charge on any atom is -0.391 e. The molecule has 3 atom stereocenters. The minimum atomic E-state index is -0.555. The summed E-state index contributed by atoms with van der Waals surface area (Å²) in [7, 11) is 0. The van der Waals surface area contributed by atoms with E-state index in [0.29, 0.717) is 29.8 Å². The maximum atomic E-state index is 14.3. The van der Waals surface area contributed by atoms with Crippen molar-refractivity contribution in [1.29, 1.82) is 0 Å². The molecular weight excluding hydrogens is 371 g/mol. The molecule has 3 heterocycles. The molecule has 4 N–H and O–H groups in total. The van der Waals surface area contributed by atoms with Crippen molar-refractivity contribution < 1.29 is 9.50 Å². The standard InChI is InChI=1S/C18H22ClFN6O/c19-10-6-11-12(9-26(21)18(11)23-7-10)16-22-8-13(20)17(25-16)24-14-4-2-1-3-5-15(14)27/h6,8-10,14-15,27H,1-5,7,21H2,(H,22,24,25). The Hall–Kier alpha value is -2.19. The Labute approximate surface area is 160 Å². The summed E-state index contributed by atoms with van der Waals surface area (Å²) in [6.45, 7) is 0.450. The fourth-order valence-electron chi connectivity index (χ4n) is 3.68. The smallest absolute Gasteiger partial charge is 0.183 e. The Morgan fingerprint density at radius 2 is 2.11 bits per heavy atom. The van der Waals surface area contributed by atoms with Crippen LogP contribution in [0.5, 0.6) is 0 Å². The number of hydrogen-bond donors (Lipinski definition) is 3. The number of aliphatic hydroxyl groups is 1. The van der Waals surface area contributed by atoms with Crippen LogP contribution in [0.4, 0.5) is 10.2 Å².